The normalized spacial score (nSPS) is 13.9. The van der Waals surface area contributed by atoms with Gasteiger partial charge in [-0.25, -0.2) is 0 Å². The Labute approximate surface area is 87.0 Å². The number of halogens is 1. The highest BCUT2D eigenvalue weighted by Gasteiger charge is 2.23. The molecule has 0 aliphatic heterocycles. The summed E-state index contributed by atoms with van der Waals surface area (Å²) in [4.78, 5) is 11.3. The van der Waals surface area contributed by atoms with Crippen molar-refractivity contribution < 1.29 is 9.90 Å². The third kappa shape index (κ3) is 6.01. The maximum absolute atomic E-state index is 11.3. The highest BCUT2D eigenvalue weighted by atomic mass is 79.9. The van der Waals surface area contributed by atoms with Crippen molar-refractivity contribution in [2.24, 2.45) is 5.73 Å². The van der Waals surface area contributed by atoms with Crippen LogP contribution in [-0.4, -0.2) is 34.5 Å². The molecule has 5 heteroatoms. The van der Waals surface area contributed by atoms with Crippen LogP contribution in [0.25, 0.3) is 0 Å². The summed E-state index contributed by atoms with van der Waals surface area (Å²) < 4.78 is -0.588. The van der Waals surface area contributed by atoms with Crippen molar-refractivity contribution in [3.8, 4) is 0 Å². The number of aliphatic hydroxyl groups is 1. The summed E-state index contributed by atoms with van der Waals surface area (Å²) in [6.07, 6.45) is -0.0491. The van der Waals surface area contributed by atoms with Gasteiger partial charge >= 0.3 is 0 Å². The maximum atomic E-state index is 11.3. The Balaban J connectivity index is 3.71. The van der Waals surface area contributed by atoms with Gasteiger partial charge in [0.25, 0.3) is 0 Å². The summed E-state index contributed by atoms with van der Waals surface area (Å²) in [5.41, 5.74) is 5.24. The van der Waals surface area contributed by atoms with E-state index in [1.54, 1.807) is 13.8 Å². The van der Waals surface area contributed by atoms with Crippen LogP contribution in [0.3, 0.4) is 0 Å². The molecule has 0 rings (SSSR count). The Morgan fingerprint density at radius 1 is 1.69 bits per heavy atom. The molecule has 0 heterocycles. The van der Waals surface area contributed by atoms with Crippen molar-refractivity contribution in [1.29, 1.82) is 0 Å². The lowest BCUT2D eigenvalue weighted by Gasteiger charge is -2.17. The molecule has 0 aliphatic rings. The molecule has 4 nitrogen and oxygen atoms in total. The molecule has 0 saturated carbocycles. The highest BCUT2D eigenvalue weighted by Crippen LogP contribution is 2.14. The van der Waals surface area contributed by atoms with Gasteiger partial charge in [0.2, 0.25) is 5.91 Å². The summed E-state index contributed by atoms with van der Waals surface area (Å²) in [5, 5.41) is 11.9. The number of hydrogen-bond acceptors (Lipinski definition) is 3. The van der Waals surface area contributed by atoms with Crippen LogP contribution in [0.5, 0.6) is 0 Å². The second-order valence-electron chi connectivity index (χ2n) is 3.41. The number of alkyl halides is 1. The van der Waals surface area contributed by atoms with E-state index >= 15 is 0 Å². The number of nitrogens with one attached hydrogen (secondary N) is 1. The highest BCUT2D eigenvalue weighted by molar-refractivity contribution is 9.10. The van der Waals surface area contributed by atoms with Crippen molar-refractivity contribution in [1.82, 2.24) is 5.32 Å². The standard InChI is InChI=1S/C8H17BrN2O2/c1-8(2,9)7(13)11-5-6(12)3-4-10/h6,12H,3-5,10H2,1-2H3,(H,11,13). The van der Waals surface area contributed by atoms with Gasteiger partial charge in [0.05, 0.1) is 10.4 Å². The van der Waals surface area contributed by atoms with E-state index in [0.29, 0.717) is 13.0 Å². The van der Waals surface area contributed by atoms with E-state index in [4.69, 9.17) is 5.73 Å². The Hall–Kier alpha value is -0.130. The monoisotopic (exact) mass is 252 g/mol. The molecule has 0 fully saturated rings. The SMILES string of the molecule is CC(C)(Br)C(=O)NCC(O)CCN. The van der Waals surface area contributed by atoms with Crippen molar-refractivity contribution in [2.75, 3.05) is 13.1 Å². The number of amides is 1. The summed E-state index contributed by atoms with van der Waals surface area (Å²) in [5.74, 6) is -0.136. The maximum Gasteiger partial charge on any atom is 0.236 e. The average Bonchev–Trinajstić information content (AvgIpc) is 1.99. The number of nitrogens with two attached hydrogens (primary N) is 1. The van der Waals surface area contributed by atoms with Crippen molar-refractivity contribution in [3.63, 3.8) is 0 Å². The van der Waals surface area contributed by atoms with Crippen LogP contribution >= 0.6 is 15.9 Å². The molecule has 13 heavy (non-hydrogen) atoms. The van der Waals surface area contributed by atoms with Gasteiger partial charge in [0.15, 0.2) is 0 Å². The summed E-state index contributed by atoms with van der Waals surface area (Å²) >= 11 is 3.21. The minimum atomic E-state index is -0.588. The molecule has 0 aromatic heterocycles. The fraction of sp³-hybridized carbons (Fsp3) is 0.875. The minimum Gasteiger partial charge on any atom is -0.391 e. The molecule has 0 spiro atoms. The summed E-state index contributed by atoms with van der Waals surface area (Å²) in [6, 6.07) is 0. The van der Waals surface area contributed by atoms with Crippen LogP contribution in [0.2, 0.25) is 0 Å². The molecule has 1 atom stereocenters. The van der Waals surface area contributed by atoms with E-state index in [0.717, 1.165) is 0 Å². The van der Waals surface area contributed by atoms with Gasteiger partial charge in [-0.15, -0.1) is 0 Å². The molecule has 0 radical (unpaired) electrons. The Bertz CT molecular complexity index is 168. The quantitative estimate of drug-likeness (QED) is 0.603. The largest absolute Gasteiger partial charge is 0.391 e. The number of carbonyl (C=O) groups excluding carboxylic acids is 1. The third-order valence-electron chi connectivity index (χ3n) is 1.54. The number of hydrogen-bond donors (Lipinski definition) is 3. The Morgan fingerprint density at radius 2 is 2.23 bits per heavy atom. The van der Waals surface area contributed by atoms with Gasteiger partial charge < -0.3 is 16.2 Å². The van der Waals surface area contributed by atoms with Gasteiger partial charge in [-0.3, -0.25) is 4.79 Å². The smallest absolute Gasteiger partial charge is 0.236 e. The van der Waals surface area contributed by atoms with Gasteiger partial charge in [0.1, 0.15) is 0 Å². The summed E-state index contributed by atoms with van der Waals surface area (Å²) in [7, 11) is 0. The first-order valence-electron chi connectivity index (χ1n) is 4.23. The first-order valence-corrected chi connectivity index (χ1v) is 5.02. The molecule has 1 amide bonds. The molecule has 0 saturated heterocycles. The first kappa shape index (κ1) is 12.9. The minimum absolute atomic E-state index is 0.136. The zero-order valence-electron chi connectivity index (χ0n) is 8.01. The zero-order chi connectivity index (χ0) is 10.5. The molecule has 0 aromatic rings. The number of carbonyl (C=O) groups is 1. The second kappa shape index (κ2) is 5.57. The van der Waals surface area contributed by atoms with E-state index in [-0.39, 0.29) is 12.5 Å². The van der Waals surface area contributed by atoms with Crippen molar-refractivity contribution >= 4 is 21.8 Å². The van der Waals surface area contributed by atoms with E-state index in [9.17, 15) is 9.90 Å². The number of aliphatic hydroxyl groups excluding tert-OH is 1. The fourth-order valence-electron chi connectivity index (χ4n) is 0.715. The lowest BCUT2D eigenvalue weighted by molar-refractivity contribution is -0.122. The fourth-order valence-corrected chi connectivity index (χ4v) is 0.855. The number of rotatable bonds is 5. The van der Waals surface area contributed by atoms with E-state index in [2.05, 4.69) is 21.2 Å². The van der Waals surface area contributed by atoms with Crippen LogP contribution < -0.4 is 11.1 Å². The average molecular weight is 253 g/mol. The molecular weight excluding hydrogens is 236 g/mol. The lowest BCUT2D eigenvalue weighted by Crippen LogP contribution is -2.41. The topological polar surface area (TPSA) is 75.3 Å². The van der Waals surface area contributed by atoms with Gasteiger partial charge in [0, 0.05) is 6.54 Å². The second-order valence-corrected chi connectivity index (χ2v) is 5.40. The first-order chi connectivity index (χ1) is 5.88. The van der Waals surface area contributed by atoms with E-state index < -0.39 is 10.4 Å². The van der Waals surface area contributed by atoms with E-state index in [1.807, 2.05) is 0 Å². The molecule has 1 unspecified atom stereocenters. The van der Waals surface area contributed by atoms with Gasteiger partial charge in [-0.05, 0) is 26.8 Å². The molecule has 0 aromatic carbocycles. The lowest BCUT2D eigenvalue weighted by atomic mass is 10.2. The molecule has 78 valence electrons. The van der Waals surface area contributed by atoms with Gasteiger partial charge in [-0.2, -0.15) is 0 Å². The van der Waals surface area contributed by atoms with Gasteiger partial charge in [-0.1, -0.05) is 15.9 Å². The molecule has 0 aliphatic carbocycles. The van der Waals surface area contributed by atoms with Crippen molar-refractivity contribution in [2.45, 2.75) is 30.7 Å². The van der Waals surface area contributed by atoms with Crippen molar-refractivity contribution in [3.05, 3.63) is 0 Å². The molecular formula is C8H17BrN2O2. The predicted molar refractivity (Wildman–Crippen MR) is 55.7 cm³/mol. The predicted octanol–water partition coefficient (Wildman–Crippen LogP) is -0.0142. The Morgan fingerprint density at radius 3 is 2.62 bits per heavy atom. The van der Waals surface area contributed by atoms with Crippen LogP contribution in [0.1, 0.15) is 20.3 Å². The van der Waals surface area contributed by atoms with Crippen LogP contribution in [-0.2, 0) is 4.79 Å². The molecule has 4 N–H and O–H groups in total. The third-order valence-corrected chi connectivity index (χ3v) is 1.90. The van der Waals surface area contributed by atoms with E-state index in [1.165, 1.54) is 0 Å². The Kier molecular flexibility index (Phi) is 5.51. The van der Waals surface area contributed by atoms with Crippen LogP contribution in [0.4, 0.5) is 0 Å². The van der Waals surface area contributed by atoms with Crippen LogP contribution in [0.15, 0.2) is 0 Å². The molecule has 0 bridgehead atoms. The zero-order valence-corrected chi connectivity index (χ0v) is 9.60. The van der Waals surface area contributed by atoms with Crippen LogP contribution in [0, 0.1) is 0 Å². The summed E-state index contributed by atoms with van der Waals surface area (Å²) in [6.45, 7) is 4.18.